The minimum atomic E-state index is -0.165. The Labute approximate surface area is 106 Å². The molecule has 1 nitrogen and oxygen atoms in total. The van der Waals surface area contributed by atoms with E-state index in [0.717, 1.165) is 29.6 Å². The first-order valence-electron chi connectivity index (χ1n) is 5.91. The number of hydrogen-bond acceptors (Lipinski definition) is 1. The quantitative estimate of drug-likeness (QED) is 0.494. The molecule has 0 aliphatic heterocycles. The van der Waals surface area contributed by atoms with Crippen LogP contribution in [0.5, 0.6) is 0 Å². The summed E-state index contributed by atoms with van der Waals surface area (Å²) in [6.07, 6.45) is 5.92. The van der Waals surface area contributed by atoms with Crippen molar-refractivity contribution in [1.29, 1.82) is 0 Å². The van der Waals surface area contributed by atoms with E-state index in [-0.39, 0.29) is 5.78 Å². The number of Topliss-reactive ketones (excluding diaryl/α,β-unsaturated/α-hetero) is 1. The molecule has 0 N–H and O–H groups in total. The molecule has 0 aromatic heterocycles. The van der Waals surface area contributed by atoms with E-state index < -0.39 is 0 Å². The van der Waals surface area contributed by atoms with E-state index in [1.165, 1.54) is 0 Å². The lowest BCUT2D eigenvalue weighted by Crippen LogP contribution is -1.99. The molecule has 0 atom stereocenters. The number of fused-ring (bicyclic) bond motifs is 2. The van der Waals surface area contributed by atoms with Crippen LogP contribution in [0.25, 0.3) is 0 Å². The third kappa shape index (κ3) is 1.88. The van der Waals surface area contributed by atoms with Gasteiger partial charge >= 0.3 is 0 Å². The average molecular weight is 230 g/mol. The van der Waals surface area contributed by atoms with Gasteiger partial charge in [0, 0.05) is 16.7 Å². The average Bonchev–Trinajstić information content (AvgIpc) is 2.84. The number of rotatable bonds is 0. The first kappa shape index (κ1) is 10.6. The second-order valence-electron chi connectivity index (χ2n) is 4.22. The Morgan fingerprint density at radius 1 is 1.06 bits per heavy atom. The Morgan fingerprint density at radius 2 is 1.94 bits per heavy atom. The maximum atomic E-state index is 11.9. The third-order valence-corrected chi connectivity index (χ3v) is 3.04. The summed E-state index contributed by atoms with van der Waals surface area (Å²) in [4.78, 5) is 11.9. The lowest BCUT2D eigenvalue weighted by atomic mass is 10.0. The van der Waals surface area contributed by atoms with Gasteiger partial charge in [-0.3, -0.25) is 4.79 Å². The molecule has 0 heterocycles. The number of hydrogen-bond donors (Lipinski definition) is 0. The maximum Gasteiger partial charge on any atom is 0.237 e. The fourth-order valence-corrected chi connectivity index (χ4v) is 2.10. The molecule has 0 radical (unpaired) electrons. The molecule has 0 saturated heterocycles. The predicted octanol–water partition coefficient (Wildman–Crippen LogP) is 2.88. The van der Waals surface area contributed by atoms with Crippen molar-refractivity contribution in [3.63, 3.8) is 0 Å². The van der Waals surface area contributed by atoms with Gasteiger partial charge in [0.15, 0.2) is 0 Å². The van der Waals surface area contributed by atoms with Crippen molar-refractivity contribution in [1.82, 2.24) is 0 Å². The molecule has 0 saturated carbocycles. The van der Waals surface area contributed by atoms with Crippen LogP contribution in [-0.4, -0.2) is 5.78 Å². The van der Waals surface area contributed by atoms with E-state index in [9.17, 15) is 4.79 Å². The highest BCUT2D eigenvalue weighted by Crippen LogP contribution is 2.24. The van der Waals surface area contributed by atoms with Gasteiger partial charge in [0.25, 0.3) is 0 Å². The maximum absolute atomic E-state index is 11.9. The Morgan fingerprint density at radius 3 is 2.89 bits per heavy atom. The molecule has 18 heavy (non-hydrogen) atoms. The number of ketones is 1. The van der Waals surface area contributed by atoms with Crippen LogP contribution >= 0.6 is 0 Å². The second-order valence-corrected chi connectivity index (χ2v) is 4.22. The zero-order chi connectivity index (χ0) is 12.4. The molecule has 0 amide bonds. The molecular formula is C17H10O. The Hall–Kier alpha value is -2.51. The molecular weight excluding hydrogens is 220 g/mol. The molecule has 2 aliphatic rings. The zero-order valence-electron chi connectivity index (χ0n) is 9.79. The summed E-state index contributed by atoms with van der Waals surface area (Å²) in [5, 5.41) is 0. The van der Waals surface area contributed by atoms with Gasteiger partial charge in [0.05, 0.1) is 0 Å². The Balaban J connectivity index is 2.20. The minimum absolute atomic E-state index is 0.165. The molecule has 1 aromatic rings. The zero-order valence-corrected chi connectivity index (χ0v) is 9.79. The molecule has 1 heteroatoms. The van der Waals surface area contributed by atoms with E-state index in [2.05, 4.69) is 29.8 Å². The number of benzene rings is 1. The topological polar surface area (TPSA) is 17.1 Å². The SMILES string of the molecule is O=C1C#C/C=C2/CCC=C2C#Cc2ccccc21. The van der Waals surface area contributed by atoms with Crippen molar-refractivity contribution >= 4 is 5.78 Å². The summed E-state index contributed by atoms with van der Waals surface area (Å²) in [6, 6.07) is 7.36. The first-order chi connectivity index (χ1) is 8.84. The summed E-state index contributed by atoms with van der Waals surface area (Å²) >= 11 is 0. The van der Waals surface area contributed by atoms with Gasteiger partial charge in [0.2, 0.25) is 5.78 Å². The van der Waals surface area contributed by atoms with Crippen LogP contribution in [0.15, 0.2) is 47.6 Å². The van der Waals surface area contributed by atoms with E-state index in [1.54, 1.807) is 6.07 Å². The van der Waals surface area contributed by atoms with Crippen molar-refractivity contribution in [3.05, 3.63) is 58.7 Å². The van der Waals surface area contributed by atoms with Crippen LogP contribution in [0, 0.1) is 23.7 Å². The lowest BCUT2D eigenvalue weighted by molar-refractivity contribution is 0.105. The fourth-order valence-electron chi connectivity index (χ4n) is 2.10. The highest BCUT2D eigenvalue weighted by molar-refractivity contribution is 6.10. The normalized spacial score (nSPS) is 19.0. The number of carbonyl (C=O) groups excluding carboxylic acids is 1. The summed E-state index contributed by atoms with van der Waals surface area (Å²) in [5.74, 6) is 11.6. The van der Waals surface area contributed by atoms with Crippen LogP contribution in [0.1, 0.15) is 28.8 Å². The number of allylic oxidation sites excluding steroid dienone is 4. The molecule has 0 fully saturated rings. The van der Waals surface area contributed by atoms with E-state index in [0.29, 0.717) is 5.56 Å². The molecule has 0 spiro atoms. The van der Waals surface area contributed by atoms with Crippen molar-refractivity contribution in [3.8, 4) is 23.7 Å². The fraction of sp³-hybridized carbons (Fsp3) is 0.118. The van der Waals surface area contributed by atoms with E-state index in [1.807, 2.05) is 24.3 Å². The van der Waals surface area contributed by atoms with Gasteiger partial charge in [-0.25, -0.2) is 0 Å². The summed E-state index contributed by atoms with van der Waals surface area (Å²) < 4.78 is 0. The second kappa shape index (κ2) is 4.40. The van der Waals surface area contributed by atoms with Gasteiger partial charge in [-0.15, -0.1) is 0 Å². The molecule has 0 unspecified atom stereocenters. The third-order valence-electron chi connectivity index (χ3n) is 3.04. The van der Waals surface area contributed by atoms with Crippen LogP contribution < -0.4 is 0 Å². The summed E-state index contributed by atoms with van der Waals surface area (Å²) in [5.41, 5.74) is 3.54. The van der Waals surface area contributed by atoms with Crippen molar-refractivity contribution in [2.45, 2.75) is 12.8 Å². The predicted molar refractivity (Wildman–Crippen MR) is 70.8 cm³/mol. The van der Waals surface area contributed by atoms with Crippen molar-refractivity contribution < 1.29 is 4.79 Å². The van der Waals surface area contributed by atoms with Gasteiger partial charge in [-0.1, -0.05) is 36.0 Å². The van der Waals surface area contributed by atoms with Gasteiger partial charge in [-0.05, 0) is 42.5 Å². The largest absolute Gasteiger partial charge is 0.279 e. The summed E-state index contributed by atoms with van der Waals surface area (Å²) in [7, 11) is 0. The van der Waals surface area contributed by atoms with Crippen molar-refractivity contribution in [2.75, 3.05) is 0 Å². The molecule has 2 aliphatic carbocycles. The molecule has 0 bridgehead atoms. The van der Waals surface area contributed by atoms with Crippen molar-refractivity contribution in [2.24, 2.45) is 0 Å². The first-order valence-corrected chi connectivity index (χ1v) is 5.91. The molecule has 1 aromatic carbocycles. The summed E-state index contributed by atoms with van der Waals surface area (Å²) in [6.45, 7) is 0. The monoisotopic (exact) mass is 230 g/mol. The van der Waals surface area contributed by atoms with Gasteiger partial charge in [-0.2, -0.15) is 0 Å². The van der Waals surface area contributed by atoms with Crippen LogP contribution in [0.2, 0.25) is 0 Å². The van der Waals surface area contributed by atoms with Crippen LogP contribution in [0.4, 0.5) is 0 Å². The Kier molecular flexibility index (Phi) is 2.60. The Bertz CT molecular complexity index is 709. The highest BCUT2D eigenvalue weighted by Gasteiger charge is 2.11. The highest BCUT2D eigenvalue weighted by atomic mass is 16.1. The minimum Gasteiger partial charge on any atom is -0.279 e. The van der Waals surface area contributed by atoms with Crippen LogP contribution in [-0.2, 0) is 0 Å². The number of carbonyl (C=O) groups is 1. The van der Waals surface area contributed by atoms with E-state index >= 15 is 0 Å². The molecule has 84 valence electrons. The lowest BCUT2D eigenvalue weighted by Gasteiger charge is -2.00. The van der Waals surface area contributed by atoms with Crippen LogP contribution in [0.3, 0.4) is 0 Å². The standard InChI is InChI=1S/C17H10O/c18-17-10-4-8-13-6-3-7-14(13)11-12-15-5-1-2-9-16(15)17/h1-2,5,7-9H,3,6H2/b13-8-. The molecule has 3 rings (SSSR count). The van der Waals surface area contributed by atoms with Gasteiger partial charge in [0.1, 0.15) is 0 Å². The smallest absolute Gasteiger partial charge is 0.237 e. The van der Waals surface area contributed by atoms with E-state index in [4.69, 9.17) is 0 Å². The van der Waals surface area contributed by atoms with Gasteiger partial charge < -0.3 is 0 Å².